The zero-order chi connectivity index (χ0) is 19.5. The number of ether oxygens (including phenoxy) is 1. The van der Waals surface area contributed by atoms with Crippen LogP contribution in [0, 0.1) is 11.7 Å². The SMILES string of the molecule is Nc1cc2c(Nc3ccc(Br)cc3F)ncnc2cc1OCC1CCNCC1. The number of nitrogens with zero attached hydrogens (tertiary/aromatic N) is 2. The predicted molar refractivity (Wildman–Crippen MR) is 112 cm³/mol. The van der Waals surface area contributed by atoms with Crippen molar-refractivity contribution in [3.05, 3.63) is 46.9 Å². The fourth-order valence-corrected chi connectivity index (χ4v) is 3.63. The number of piperidine rings is 1. The number of nitrogen functional groups attached to an aromatic ring is 1. The van der Waals surface area contributed by atoms with E-state index >= 15 is 0 Å². The fourth-order valence-electron chi connectivity index (χ4n) is 3.30. The maximum absolute atomic E-state index is 14.2. The second-order valence-electron chi connectivity index (χ2n) is 6.88. The van der Waals surface area contributed by atoms with Gasteiger partial charge in [0.25, 0.3) is 0 Å². The molecule has 2 heterocycles. The quantitative estimate of drug-likeness (QED) is 0.509. The minimum atomic E-state index is -0.379. The van der Waals surface area contributed by atoms with Gasteiger partial charge in [-0.15, -0.1) is 0 Å². The highest BCUT2D eigenvalue weighted by Crippen LogP contribution is 2.32. The Bertz CT molecular complexity index is 994. The molecule has 0 radical (unpaired) electrons. The number of hydrogen-bond acceptors (Lipinski definition) is 6. The first kappa shape index (κ1) is 18.9. The fraction of sp³-hybridized carbons (Fsp3) is 0.300. The zero-order valence-electron chi connectivity index (χ0n) is 15.2. The molecule has 28 heavy (non-hydrogen) atoms. The van der Waals surface area contributed by atoms with Crippen LogP contribution in [-0.4, -0.2) is 29.7 Å². The molecule has 0 atom stereocenters. The second kappa shape index (κ2) is 8.28. The molecule has 0 amide bonds. The van der Waals surface area contributed by atoms with Crippen LogP contribution in [0.4, 0.5) is 21.6 Å². The van der Waals surface area contributed by atoms with Crippen LogP contribution in [0.25, 0.3) is 10.9 Å². The minimum absolute atomic E-state index is 0.327. The summed E-state index contributed by atoms with van der Waals surface area (Å²) in [6, 6.07) is 8.39. The van der Waals surface area contributed by atoms with Crippen molar-refractivity contribution >= 4 is 44.0 Å². The first-order chi connectivity index (χ1) is 13.6. The number of rotatable bonds is 5. The van der Waals surface area contributed by atoms with Crippen molar-refractivity contribution in [1.29, 1.82) is 0 Å². The highest BCUT2D eigenvalue weighted by molar-refractivity contribution is 9.10. The van der Waals surface area contributed by atoms with Crippen molar-refractivity contribution in [3.8, 4) is 5.75 Å². The van der Waals surface area contributed by atoms with E-state index in [-0.39, 0.29) is 5.82 Å². The Kier molecular flexibility index (Phi) is 5.59. The molecule has 4 rings (SSSR count). The Morgan fingerprint density at radius 3 is 2.82 bits per heavy atom. The first-order valence-electron chi connectivity index (χ1n) is 9.20. The van der Waals surface area contributed by atoms with Crippen LogP contribution in [0.15, 0.2) is 41.1 Å². The van der Waals surface area contributed by atoms with Crippen molar-refractivity contribution in [3.63, 3.8) is 0 Å². The van der Waals surface area contributed by atoms with Crippen LogP contribution in [0.3, 0.4) is 0 Å². The molecule has 4 N–H and O–H groups in total. The third-order valence-corrected chi connectivity index (χ3v) is 5.38. The van der Waals surface area contributed by atoms with Crippen molar-refractivity contribution < 1.29 is 9.13 Å². The number of hydrogen-bond donors (Lipinski definition) is 3. The average Bonchev–Trinajstić information content (AvgIpc) is 2.70. The van der Waals surface area contributed by atoms with Gasteiger partial charge in [-0.1, -0.05) is 15.9 Å². The van der Waals surface area contributed by atoms with E-state index in [1.807, 2.05) is 6.07 Å². The maximum Gasteiger partial charge on any atom is 0.147 e. The van der Waals surface area contributed by atoms with E-state index in [9.17, 15) is 4.39 Å². The van der Waals surface area contributed by atoms with Gasteiger partial charge in [-0.25, -0.2) is 14.4 Å². The summed E-state index contributed by atoms with van der Waals surface area (Å²) in [5.74, 6) is 1.25. The van der Waals surface area contributed by atoms with Crippen LogP contribution in [-0.2, 0) is 0 Å². The third-order valence-electron chi connectivity index (χ3n) is 4.88. The molecule has 1 fully saturated rings. The average molecular weight is 446 g/mol. The molecule has 0 unspecified atom stereocenters. The van der Waals surface area contributed by atoms with E-state index < -0.39 is 0 Å². The number of nitrogens with two attached hydrogens (primary N) is 1. The van der Waals surface area contributed by atoms with Crippen molar-refractivity contribution in [2.75, 3.05) is 30.7 Å². The lowest BCUT2D eigenvalue weighted by molar-refractivity contribution is 0.216. The number of nitrogens with one attached hydrogen (secondary N) is 2. The van der Waals surface area contributed by atoms with Crippen LogP contribution < -0.4 is 21.1 Å². The minimum Gasteiger partial charge on any atom is -0.491 e. The Balaban J connectivity index is 1.58. The van der Waals surface area contributed by atoms with Gasteiger partial charge in [-0.05, 0) is 56.1 Å². The Hall–Kier alpha value is -2.45. The van der Waals surface area contributed by atoms with Gasteiger partial charge in [0.05, 0.1) is 23.5 Å². The summed E-state index contributed by atoms with van der Waals surface area (Å²) >= 11 is 3.25. The van der Waals surface area contributed by atoms with Crippen molar-refractivity contribution in [2.24, 2.45) is 5.92 Å². The molecule has 1 aromatic heterocycles. The molecule has 3 aromatic rings. The summed E-state index contributed by atoms with van der Waals surface area (Å²) in [4.78, 5) is 8.57. The summed E-state index contributed by atoms with van der Waals surface area (Å²) < 4.78 is 20.8. The largest absolute Gasteiger partial charge is 0.491 e. The standard InChI is InChI=1S/C20H21BrFN5O/c21-13-1-2-17(15(22)7-13)27-20-14-8-16(23)19(9-18(14)25-11-26-20)28-10-12-3-5-24-6-4-12/h1-2,7-9,11-12,24H,3-6,10,23H2,(H,25,26,27). The molecule has 1 aliphatic rings. The highest BCUT2D eigenvalue weighted by atomic mass is 79.9. The van der Waals surface area contributed by atoms with Gasteiger partial charge in [-0.3, -0.25) is 0 Å². The summed E-state index contributed by atoms with van der Waals surface area (Å²) in [7, 11) is 0. The lowest BCUT2D eigenvalue weighted by Crippen LogP contribution is -2.30. The molecule has 146 valence electrons. The summed E-state index contributed by atoms with van der Waals surface area (Å²) in [5.41, 5.74) is 7.73. The smallest absolute Gasteiger partial charge is 0.147 e. The number of aromatic nitrogens is 2. The second-order valence-corrected chi connectivity index (χ2v) is 7.80. The first-order valence-corrected chi connectivity index (χ1v) is 9.99. The molecule has 1 aliphatic heterocycles. The number of benzene rings is 2. The van der Waals surface area contributed by atoms with Gasteiger partial charge in [0, 0.05) is 15.9 Å². The monoisotopic (exact) mass is 445 g/mol. The van der Waals surface area contributed by atoms with Crippen molar-refractivity contribution in [2.45, 2.75) is 12.8 Å². The Morgan fingerprint density at radius 2 is 2.04 bits per heavy atom. The molecule has 0 bridgehead atoms. The zero-order valence-corrected chi connectivity index (χ0v) is 16.8. The molecule has 2 aromatic carbocycles. The van der Waals surface area contributed by atoms with Gasteiger partial charge >= 0.3 is 0 Å². The maximum atomic E-state index is 14.2. The molecule has 1 saturated heterocycles. The summed E-state index contributed by atoms with van der Waals surface area (Å²) in [5, 5.41) is 7.08. The van der Waals surface area contributed by atoms with E-state index in [4.69, 9.17) is 10.5 Å². The van der Waals surface area contributed by atoms with Gasteiger partial charge in [0.1, 0.15) is 23.7 Å². The Morgan fingerprint density at radius 1 is 1.21 bits per heavy atom. The topological polar surface area (TPSA) is 85.1 Å². The summed E-state index contributed by atoms with van der Waals surface area (Å²) in [6.45, 7) is 2.68. The Labute approximate surface area is 170 Å². The van der Waals surface area contributed by atoms with E-state index in [0.29, 0.717) is 50.8 Å². The van der Waals surface area contributed by atoms with E-state index in [2.05, 4.69) is 36.5 Å². The number of anilines is 3. The van der Waals surface area contributed by atoms with Gasteiger partial charge in [0.2, 0.25) is 0 Å². The lowest BCUT2D eigenvalue weighted by atomic mass is 9.99. The molecule has 6 nitrogen and oxygen atoms in total. The third kappa shape index (κ3) is 4.18. The van der Waals surface area contributed by atoms with Gasteiger partial charge in [-0.2, -0.15) is 0 Å². The van der Waals surface area contributed by atoms with E-state index in [0.717, 1.165) is 25.9 Å². The number of fused-ring (bicyclic) bond motifs is 1. The molecule has 0 spiro atoms. The van der Waals surface area contributed by atoms with E-state index in [1.165, 1.54) is 12.4 Å². The molecular weight excluding hydrogens is 425 g/mol. The van der Waals surface area contributed by atoms with Crippen LogP contribution >= 0.6 is 15.9 Å². The van der Waals surface area contributed by atoms with Crippen LogP contribution in [0.1, 0.15) is 12.8 Å². The molecular formula is C20H21BrFN5O. The molecule has 8 heteroatoms. The van der Waals surface area contributed by atoms with Crippen molar-refractivity contribution in [1.82, 2.24) is 15.3 Å². The van der Waals surface area contributed by atoms with Gasteiger partial charge < -0.3 is 21.1 Å². The molecule has 0 saturated carbocycles. The predicted octanol–water partition coefficient (Wildman–Crippen LogP) is 4.24. The van der Waals surface area contributed by atoms with Gasteiger partial charge in [0.15, 0.2) is 0 Å². The van der Waals surface area contributed by atoms with Crippen LogP contribution in [0.2, 0.25) is 0 Å². The lowest BCUT2D eigenvalue weighted by Gasteiger charge is -2.23. The molecule has 0 aliphatic carbocycles. The summed E-state index contributed by atoms with van der Waals surface area (Å²) in [6.07, 6.45) is 3.64. The van der Waals surface area contributed by atoms with E-state index in [1.54, 1.807) is 18.2 Å². The number of halogens is 2. The highest BCUT2D eigenvalue weighted by Gasteiger charge is 2.16. The van der Waals surface area contributed by atoms with Crippen LogP contribution in [0.5, 0.6) is 5.75 Å². The normalized spacial score (nSPS) is 14.9.